The van der Waals surface area contributed by atoms with Crippen LogP contribution in [-0.4, -0.2) is 39.1 Å². The third-order valence-electron chi connectivity index (χ3n) is 3.01. The topological polar surface area (TPSA) is 57.6 Å². The molecule has 2 rings (SSSR count). The first-order valence-corrected chi connectivity index (χ1v) is 9.40. The Hall–Kier alpha value is -0.0500. The molecule has 0 aromatic carbocycles. The second kappa shape index (κ2) is 6.37. The van der Waals surface area contributed by atoms with Gasteiger partial charge in [0.15, 0.2) is 0 Å². The van der Waals surface area contributed by atoms with Gasteiger partial charge in [-0.1, -0.05) is 13.8 Å². The highest BCUT2D eigenvalue weighted by Gasteiger charge is 2.43. The molecule has 0 aliphatic carbocycles. The minimum absolute atomic E-state index is 0.103. The zero-order valence-corrected chi connectivity index (χ0v) is 15.6. The van der Waals surface area contributed by atoms with Crippen molar-refractivity contribution in [1.82, 2.24) is 4.90 Å². The molecule has 8 heteroatoms. The minimum Gasteiger partial charge on any atom is -0.480 e. The maximum Gasteiger partial charge on any atom is 0.327 e. The van der Waals surface area contributed by atoms with Crippen LogP contribution in [0.25, 0.3) is 0 Å². The summed E-state index contributed by atoms with van der Waals surface area (Å²) in [5, 5.41) is 9.23. The molecular formula is C12H13Br2NO3S2. The van der Waals surface area contributed by atoms with Gasteiger partial charge < -0.3 is 10.0 Å². The van der Waals surface area contributed by atoms with Gasteiger partial charge >= 0.3 is 5.97 Å². The molecule has 1 aliphatic rings. The molecule has 4 nitrogen and oxygen atoms in total. The molecular weight excluding hydrogens is 430 g/mol. The van der Waals surface area contributed by atoms with E-state index >= 15 is 0 Å². The van der Waals surface area contributed by atoms with Crippen molar-refractivity contribution in [3.8, 4) is 0 Å². The average Bonchev–Trinajstić information content (AvgIpc) is 2.91. The van der Waals surface area contributed by atoms with Gasteiger partial charge in [-0.25, -0.2) is 4.79 Å². The van der Waals surface area contributed by atoms with Crippen molar-refractivity contribution in [3.05, 3.63) is 19.2 Å². The summed E-state index contributed by atoms with van der Waals surface area (Å²) >= 11 is 9.65. The SMILES string of the molecule is CC(C)C1SCC(C(=O)O)N1C(=O)c1cc(Br)sc1Br. The van der Waals surface area contributed by atoms with Gasteiger partial charge in [-0.2, -0.15) is 0 Å². The fourth-order valence-electron chi connectivity index (χ4n) is 2.11. The first kappa shape index (κ1) is 16.3. The Morgan fingerprint density at radius 1 is 1.45 bits per heavy atom. The van der Waals surface area contributed by atoms with Gasteiger partial charge in [-0.15, -0.1) is 23.1 Å². The normalized spacial score (nSPS) is 22.6. The number of thioether (sulfide) groups is 1. The Balaban J connectivity index is 2.37. The Bertz CT molecular complexity index is 547. The number of carboxylic acid groups (broad SMARTS) is 1. The lowest BCUT2D eigenvalue weighted by Crippen LogP contribution is -2.47. The van der Waals surface area contributed by atoms with Gasteiger partial charge in [-0.3, -0.25) is 4.79 Å². The van der Waals surface area contributed by atoms with E-state index in [0.29, 0.717) is 11.3 Å². The average molecular weight is 443 g/mol. The highest BCUT2D eigenvalue weighted by atomic mass is 79.9. The van der Waals surface area contributed by atoms with E-state index in [1.807, 2.05) is 13.8 Å². The second-order valence-electron chi connectivity index (χ2n) is 4.77. The van der Waals surface area contributed by atoms with Crippen LogP contribution >= 0.6 is 55.0 Å². The van der Waals surface area contributed by atoms with Crippen LogP contribution in [0.5, 0.6) is 0 Å². The zero-order chi connectivity index (χ0) is 15.0. The lowest BCUT2D eigenvalue weighted by atomic mass is 10.1. The van der Waals surface area contributed by atoms with Crippen molar-refractivity contribution in [2.24, 2.45) is 5.92 Å². The predicted molar refractivity (Wildman–Crippen MR) is 88.4 cm³/mol. The monoisotopic (exact) mass is 441 g/mol. The molecule has 110 valence electrons. The Morgan fingerprint density at radius 2 is 2.10 bits per heavy atom. The van der Waals surface area contributed by atoms with Gasteiger partial charge in [0, 0.05) is 5.75 Å². The van der Waals surface area contributed by atoms with E-state index in [-0.39, 0.29) is 17.2 Å². The summed E-state index contributed by atoms with van der Waals surface area (Å²) in [5.74, 6) is -0.532. The zero-order valence-electron chi connectivity index (χ0n) is 10.8. The van der Waals surface area contributed by atoms with Crippen LogP contribution in [0.15, 0.2) is 13.6 Å². The highest BCUT2D eigenvalue weighted by molar-refractivity contribution is 9.12. The number of carboxylic acids is 1. The van der Waals surface area contributed by atoms with Crippen LogP contribution in [0, 0.1) is 5.92 Å². The van der Waals surface area contributed by atoms with E-state index in [1.165, 1.54) is 28.0 Å². The van der Waals surface area contributed by atoms with E-state index in [4.69, 9.17) is 0 Å². The van der Waals surface area contributed by atoms with Crippen LogP contribution < -0.4 is 0 Å². The molecule has 0 bridgehead atoms. The molecule has 2 atom stereocenters. The first-order valence-electron chi connectivity index (χ1n) is 5.94. The smallest absolute Gasteiger partial charge is 0.327 e. The third kappa shape index (κ3) is 3.08. The van der Waals surface area contributed by atoms with Crippen molar-refractivity contribution in [3.63, 3.8) is 0 Å². The van der Waals surface area contributed by atoms with Crippen LogP contribution in [0.1, 0.15) is 24.2 Å². The van der Waals surface area contributed by atoms with Crippen LogP contribution in [0.4, 0.5) is 0 Å². The summed E-state index contributed by atoms with van der Waals surface area (Å²) in [5.41, 5.74) is 0.515. The fourth-order valence-corrected chi connectivity index (χ4v) is 6.36. The van der Waals surface area contributed by atoms with Gasteiger partial charge in [0.25, 0.3) is 5.91 Å². The molecule has 2 unspecified atom stereocenters. The summed E-state index contributed by atoms with van der Waals surface area (Å²) in [6, 6.07) is 0.974. The van der Waals surface area contributed by atoms with Crippen LogP contribution in [0.3, 0.4) is 0 Å². The number of hydrogen-bond donors (Lipinski definition) is 1. The lowest BCUT2D eigenvalue weighted by Gasteiger charge is -2.29. The summed E-state index contributed by atoms with van der Waals surface area (Å²) in [6.07, 6.45) is 0. The maximum absolute atomic E-state index is 12.7. The third-order valence-corrected chi connectivity index (χ3v) is 6.97. The molecule has 1 aliphatic heterocycles. The van der Waals surface area contributed by atoms with Crippen molar-refractivity contribution in [1.29, 1.82) is 0 Å². The van der Waals surface area contributed by atoms with Gasteiger partial charge in [-0.05, 0) is 43.8 Å². The second-order valence-corrected chi connectivity index (χ2v) is 9.67. The van der Waals surface area contributed by atoms with Crippen molar-refractivity contribution >= 4 is 66.8 Å². The first-order chi connectivity index (χ1) is 9.32. The van der Waals surface area contributed by atoms with E-state index < -0.39 is 12.0 Å². The molecule has 1 saturated heterocycles. The molecule has 0 radical (unpaired) electrons. The molecule has 20 heavy (non-hydrogen) atoms. The highest BCUT2D eigenvalue weighted by Crippen LogP contribution is 2.38. The number of carbonyl (C=O) groups is 2. The Kier molecular flexibility index (Phi) is 5.20. The molecule has 1 aromatic rings. The molecule has 0 spiro atoms. The number of amides is 1. The number of rotatable bonds is 3. The summed E-state index contributed by atoms with van der Waals surface area (Å²) < 4.78 is 1.56. The molecule has 0 saturated carbocycles. The Morgan fingerprint density at radius 3 is 2.55 bits per heavy atom. The number of thiophene rings is 1. The van der Waals surface area contributed by atoms with E-state index in [0.717, 1.165) is 7.57 Å². The maximum atomic E-state index is 12.7. The number of nitrogens with zero attached hydrogens (tertiary/aromatic N) is 1. The van der Waals surface area contributed by atoms with Crippen LogP contribution in [0.2, 0.25) is 0 Å². The standard InChI is InChI=1S/C12H13Br2NO3S2/c1-5(2)11-15(7(4-19-11)12(17)18)10(16)6-3-8(13)20-9(6)14/h3,5,7,11H,4H2,1-2H3,(H,17,18). The molecule has 1 fully saturated rings. The van der Waals surface area contributed by atoms with Crippen molar-refractivity contribution < 1.29 is 14.7 Å². The number of hydrogen-bond acceptors (Lipinski definition) is 4. The van der Waals surface area contributed by atoms with Crippen molar-refractivity contribution in [2.75, 3.05) is 5.75 Å². The molecule has 1 aromatic heterocycles. The Labute approximate surface area is 142 Å². The van der Waals surface area contributed by atoms with Gasteiger partial charge in [0.1, 0.15) is 6.04 Å². The van der Waals surface area contributed by atoms with Gasteiger partial charge in [0.05, 0.1) is 18.5 Å². The lowest BCUT2D eigenvalue weighted by molar-refractivity contribution is -0.141. The summed E-state index contributed by atoms with van der Waals surface area (Å²) in [4.78, 5) is 25.6. The van der Waals surface area contributed by atoms with E-state index in [1.54, 1.807) is 6.07 Å². The fraction of sp³-hybridized carbons (Fsp3) is 0.500. The summed E-state index contributed by atoms with van der Waals surface area (Å²) in [6.45, 7) is 4.00. The van der Waals surface area contributed by atoms with E-state index in [9.17, 15) is 14.7 Å². The summed E-state index contributed by atoms with van der Waals surface area (Å²) in [7, 11) is 0. The van der Waals surface area contributed by atoms with Gasteiger partial charge in [0.2, 0.25) is 0 Å². The number of carbonyl (C=O) groups excluding carboxylic acids is 1. The minimum atomic E-state index is -0.945. The molecule has 1 N–H and O–H groups in total. The van der Waals surface area contributed by atoms with Crippen molar-refractivity contribution in [2.45, 2.75) is 25.3 Å². The quantitative estimate of drug-likeness (QED) is 0.771. The van der Waals surface area contributed by atoms with E-state index in [2.05, 4.69) is 31.9 Å². The molecule has 1 amide bonds. The largest absolute Gasteiger partial charge is 0.480 e. The number of halogens is 2. The van der Waals surface area contributed by atoms with Crippen LogP contribution in [-0.2, 0) is 4.79 Å². The molecule has 2 heterocycles. The predicted octanol–water partition coefficient (Wildman–Crippen LogP) is 3.90. The number of aliphatic carboxylic acids is 1.